The maximum absolute atomic E-state index is 11.5. The van der Waals surface area contributed by atoms with Gasteiger partial charge in [0.05, 0.1) is 0 Å². The first-order valence-corrected chi connectivity index (χ1v) is 7.16. The summed E-state index contributed by atoms with van der Waals surface area (Å²) in [5, 5.41) is 6.05. The molecule has 0 radical (unpaired) electrons. The molecule has 0 saturated carbocycles. The number of ether oxygens (including phenoxy) is 1. The summed E-state index contributed by atoms with van der Waals surface area (Å²) in [5.74, 6) is 0. The van der Waals surface area contributed by atoms with E-state index in [9.17, 15) is 4.79 Å². The van der Waals surface area contributed by atoms with Crippen molar-refractivity contribution in [3.8, 4) is 0 Å². The van der Waals surface area contributed by atoms with Crippen molar-refractivity contribution in [1.82, 2.24) is 10.6 Å². The van der Waals surface area contributed by atoms with E-state index in [2.05, 4.69) is 41.8 Å². The molecule has 0 bridgehead atoms. The zero-order valence-electron chi connectivity index (χ0n) is 13.0. The summed E-state index contributed by atoms with van der Waals surface area (Å²) in [6, 6.07) is 8.43. The summed E-state index contributed by atoms with van der Waals surface area (Å²) < 4.78 is 5.18. The second kappa shape index (κ2) is 7.90. The van der Waals surface area contributed by atoms with E-state index >= 15 is 0 Å². The standard InChI is InChI=1S/C16H26N2O2/c1-5-17-12-14-8-6-13(7-9-14)10-11-18-15(19)20-16(2,3)4/h6-9,17H,5,10-12H2,1-4H3,(H,18,19). The molecule has 0 aliphatic rings. The molecular formula is C16H26N2O2. The fraction of sp³-hybridized carbons (Fsp3) is 0.562. The SMILES string of the molecule is CCNCc1ccc(CCNC(=O)OC(C)(C)C)cc1. The van der Waals surface area contributed by atoms with E-state index in [1.165, 1.54) is 11.1 Å². The summed E-state index contributed by atoms with van der Waals surface area (Å²) in [6.07, 6.45) is 0.446. The number of rotatable bonds is 6. The van der Waals surface area contributed by atoms with Crippen LogP contribution in [0.5, 0.6) is 0 Å². The predicted molar refractivity (Wildman–Crippen MR) is 81.8 cm³/mol. The van der Waals surface area contributed by atoms with Crippen molar-refractivity contribution in [3.05, 3.63) is 35.4 Å². The highest BCUT2D eigenvalue weighted by molar-refractivity contribution is 5.67. The summed E-state index contributed by atoms with van der Waals surface area (Å²) in [6.45, 7) is 10.1. The van der Waals surface area contributed by atoms with Gasteiger partial charge in [-0.1, -0.05) is 31.2 Å². The van der Waals surface area contributed by atoms with Crippen LogP contribution in [-0.2, 0) is 17.7 Å². The third kappa shape index (κ3) is 7.14. The molecule has 1 amide bonds. The van der Waals surface area contributed by atoms with Gasteiger partial charge in [0.2, 0.25) is 0 Å². The second-order valence-corrected chi connectivity index (χ2v) is 5.78. The number of alkyl carbamates (subject to hydrolysis) is 1. The molecule has 1 aromatic carbocycles. The van der Waals surface area contributed by atoms with Crippen molar-refractivity contribution in [2.24, 2.45) is 0 Å². The molecular weight excluding hydrogens is 252 g/mol. The first-order valence-electron chi connectivity index (χ1n) is 7.16. The Morgan fingerprint density at radius 1 is 1.15 bits per heavy atom. The van der Waals surface area contributed by atoms with E-state index < -0.39 is 5.60 Å². The van der Waals surface area contributed by atoms with Gasteiger partial charge in [-0.2, -0.15) is 0 Å². The number of hydrogen-bond acceptors (Lipinski definition) is 3. The molecule has 0 aliphatic carbocycles. The first-order chi connectivity index (χ1) is 9.40. The van der Waals surface area contributed by atoms with Gasteiger partial charge in [-0.3, -0.25) is 0 Å². The van der Waals surface area contributed by atoms with E-state index in [4.69, 9.17) is 4.74 Å². The Morgan fingerprint density at radius 3 is 2.30 bits per heavy atom. The molecule has 0 spiro atoms. The molecule has 4 heteroatoms. The summed E-state index contributed by atoms with van der Waals surface area (Å²) in [5.41, 5.74) is 2.04. The van der Waals surface area contributed by atoms with Crippen LogP contribution in [0.3, 0.4) is 0 Å². The minimum absolute atomic E-state index is 0.360. The van der Waals surface area contributed by atoms with Crippen LogP contribution in [0, 0.1) is 0 Å². The van der Waals surface area contributed by atoms with Crippen LogP contribution in [-0.4, -0.2) is 24.8 Å². The lowest BCUT2D eigenvalue weighted by Crippen LogP contribution is -2.33. The average molecular weight is 278 g/mol. The Bertz CT molecular complexity index is 407. The van der Waals surface area contributed by atoms with Crippen molar-refractivity contribution in [2.45, 2.75) is 46.3 Å². The van der Waals surface area contributed by atoms with Crippen LogP contribution in [0.4, 0.5) is 4.79 Å². The van der Waals surface area contributed by atoms with E-state index in [0.717, 1.165) is 19.5 Å². The summed E-state index contributed by atoms with van der Waals surface area (Å²) in [7, 11) is 0. The van der Waals surface area contributed by atoms with E-state index in [-0.39, 0.29) is 6.09 Å². The van der Waals surface area contributed by atoms with Crippen molar-refractivity contribution >= 4 is 6.09 Å². The highest BCUT2D eigenvalue weighted by atomic mass is 16.6. The Hall–Kier alpha value is -1.55. The van der Waals surface area contributed by atoms with Gasteiger partial charge < -0.3 is 15.4 Å². The molecule has 112 valence electrons. The van der Waals surface area contributed by atoms with Crippen molar-refractivity contribution in [3.63, 3.8) is 0 Å². The predicted octanol–water partition coefficient (Wildman–Crippen LogP) is 2.86. The van der Waals surface area contributed by atoms with Gasteiger partial charge in [0.1, 0.15) is 5.60 Å². The normalized spacial score (nSPS) is 11.2. The molecule has 4 nitrogen and oxygen atoms in total. The molecule has 1 rings (SSSR count). The lowest BCUT2D eigenvalue weighted by atomic mass is 10.1. The van der Waals surface area contributed by atoms with Gasteiger partial charge in [0.15, 0.2) is 0 Å². The van der Waals surface area contributed by atoms with Crippen molar-refractivity contribution in [2.75, 3.05) is 13.1 Å². The number of nitrogens with one attached hydrogen (secondary N) is 2. The van der Waals surface area contributed by atoms with Gasteiger partial charge >= 0.3 is 6.09 Å². The van der Waals surface area contributed by atoms with Crippen LogP contribution in [0.2, 0.25) is 0 Å². The number of amides is 1. The molecule has 0 atom stereocenters. The number of benzene rings is 1. The fourth-order valence-corrected chi connectivity index (χ4v) is 1.72. The summed E-state index contributed by atoms with van der Waals surface area (Å²) >= 11 is 0. The average Bonchev–Trinajstić information content (AvgIpc) is 2.35. The Morgan fingerprint density at radius 2 is 1.75 bits per heavy atom. The molecule has 2 N–H and O–H groups in total. The topological polar surface area (TPSA) is 50.4 Å². The Balaban J connectivity index is 2.30. The molecule has 0 heterocycles. The minimum Gasteiger partial charge on any atom is -0.444 e. The molecule has 0 aliphatic heterocycles. The lowest BCUT2D eigenvalue weighted by molar-refractivity contribution is 0.0528. The van der Waals surface area contributed by atoms with Crippen LogP contribution >= 0.6 is 0 Å². The number of carbonyl (C=O) groups is 1. The van der Waals surface area contributed by atoms with Gasteiger partial charge in [-0.25, -0.2) is 4.79 Å². The maximum atomic E-state index is 11.5. The quantitative estimate of drug-likeness (QED) is 0.841. The van der Waals surface area contributed by atoms with E-state index in [0.29, 0.717) is 6.54 Å². The molecule has 0 saturated heterocycles. The number of hydrogen-bond donors (Lipinski definition) is 2. The molecule has 0 fully saturated rings. The minimum atomic E-state index is -0.446. The summed E-state index contributed by atoms with van der Waals surface area (Å²) in [4.78, 5) is 11.5. The molecule has 1 aromatic rings. The van der Waals surface area contributed by atoms with Gasteiger partial charge in [-0.05, 0) is 44.9 Å². The number of carbonyl (C=O) groups excluding carboxylic acids is 1. The van der Waals surface area contributed by atoms with E-state index in [1.54, 1.807) is 0 Å². The Kier molecular flexibility index (Phi) is 6.52. The zero-order chi connectivity index (χ0) is 15.0. The van der Waals surface area contributed by atoms with Crippen molar-refractivity contribution < 1.29 is 9.53 Å². The van der Waals surface area contributed by atoms with Crippen molar-refractivity contribution in [1.29, 1.82) is 0 Å². The van der Waals surface area contributed by atoms with Gasteiger partial charge in [0, 0.05) is 13.1 Å². The monoisotopic (exact) mass is 278 g/mol. The zero-order valence-corrected chi connectivity index (χ0v) is 13.0. The second-order valence-electron chi connectivity index (χ2n) is 5.78. The molecule has 20 heavy (non-hydrogen) atoms. The largest absolute Gasteiger partial charge is 0.444 e. The van der Waals surface area contributed by atoms with Gasteiger partial charge in [-0.15, -0.1) is 0 Å². The van der Waals surface area contributed by atoms with Crippen LogP contribution < -0.4 is 10.6 Å². The van der Waals surface area contributed by atoms with Gasteiger partial charge in [0.25, 0.3) is 0 Å². The smallest absolute Gasteiger partial charge is 0.407 e. The highest BCUT2D eigenvalue weighted by Crippen LogP contribution is 2.07. The fourth-order valence-electron chi connectivity index (χ4n) is 1.72. The van der Waals surface area contributed by atoms with E-state index in [1.807, 2.05) is 20.8 Å². The van der Waals surface area contributed by atoms with Crippen LogP contribution in [0.25, 0.3) is 0 Å². The molecule has 0 aromatic heterocycles. The lowest BCUT2D eigenvalue weighted by Gasteiger charge is -2.19. The van der Waals surface area contributed by atoms with Crippen LogP contribution in [0.15, 0.2) is 24.3 Å². The molecule has 0 unspecified atom stereocenters. The Labute approximate surface area is 121 Å². The third-order valence-corrected chi connectivity index (χ3v) is 2.68. The van der Waals surface area contributed by atoms with Crippen LogP contribution in [0.1, 0.15) is 38.8 Å². The maximum Gasteiger partial charge on any atom is 0.407 e. The third-order valence-electron chi connectivity index (χ3n) is 2.68. The highest BCUT2D eigenvalue weighted by Gasteiger charge is 2.15. The first kappa shape index (κ1) is 16.5.